The number of H-pyrrole nitrogens is 1. The second-order valence-corrected chi connectivity index (χ2v) is 6.34. The number of aromatic amines is 1. The number of hydrogen-bond acceptors (Lipinski definition) is 6. The zero-order valence-corrected chi connectivity index (χ0v) is 14.4. The summed E-state index contributed by atoms with van der Waals surface area (Å²) in [6, 6.07) is 5.13. The van der Waals surface area contributed by atoms with Crippen LogP contribution < -0.4 is 11.1 Å². The van der Waals surface area contributed by atoms with E-state index in [2.05, 4.69) is 15.3 Å². The Morgan fingerprint density at radius 1 is 1.35 bits per heavy atom. The number of nitrogens with two attached hydrogens (primary N) is 1. The van der Waals surface area contributed by atoms with Crippen LogP contribution in [-0.2, 0) is 0 Å². The number of non-ortho nitro benzene ring substituents is 1. The molecule has 0 atom stereocenters. The Balaban J connectivity index is 1.80. The van der Waals surface area contributed by atoms with Crippen molar-refractivity contribution in [3.63, 3.8) is 0 Å². The number of nitrogens with zero attached hydrogens (tertiary/aromatic N) is 2. The minimum absolute atomic E-state index is 0.0322. The lowest BCUT2D eigenvalue weighted by molar-refractivity contribution is -0.384. The SMILES string of the molecule is NC(=O)c1cc(-c2csc(NC(=O)c3cc([N+](=O)[O-])ccc3Cl)n2)c[nH]1. The number of hydrogen-bond donors (Lipinski definition) is 3. The third-order valence-electron chi connectivity index (χ3n) is 3.37. The molecule has 2 aromatic heterocycles. The van der Waals surface area contributed by atoms with Crippen LogP contribution in [-0.4, -0.2) is 26.7 Å². The molecule has 0 saturated heterocycles. The summed E-state index contributed by atoms with van der Waals surface area (Å²) in [7, 11) is 0. The molecule has 4 N–H and O–H groups in total. The second kappa shape index (κ2) is 6.94. The lowest BCUT2D eigenvalue weighted by atomic mass is 10.2. The number of benzene rings is 1. The van der Waals surface area contributed by atoms with Crippen molar-refractivity contribution in [1.29, 1.82) is 0 Å². The van der Waals surface area contributed by atoms with E-state index in [0.717, 1.165) is 17.4 Å². The van der Waals surface area contributed by atoms with E-state index in [-0.39, 0.29) is 27.1 Å². The molecule has 3 aromatic rings. The number of carbonyl (C=O) groups excluding carboxylic acids is 2. The number of aromatic nitrogens is 2. The van der Waals surface area contributed by atoms with Crippen LogP contribution in [0.3, 0.4) is 0 Å². The molecule has 0 bridgehead atoms. The number of carbonyl (C=O) groups is 2. The first kappa shape index (κ1) is 17.6. The van der Waals surface area contributed by atoms with Gasteiger partial charge in [-0.25, -0.2) is 4.98 Å². The molecule has 2 amide bonds. The fraction of sp³-hybridized carbons (Fsp3) is 0. The highest BCUT2D eigenvalue weighted by molar-refractivity contribution is 7.14. The van der Waals surface area contributed by atoms with Crippen molar-refractivity contribution in [2.75, 3.05) is 5.32 Å². The van der Waals surface area contributed by atoms with E-state index in [1.54, 1.807) is 17.6 Å². The van der Waals surface area contributed by atoms with E-state index in [0.29, 0.717) is 11.3 Å². The van der Waals surface area contributed by atoms with Crippen LogP contribution in [0, 0.1) is 10.1 Å². The molecule has 132 valence electrons. The molecule has 0 aliphatic heterocycles. The first-order chi connectivity index (χ1) is 12.3. The highest BCUT2D eigenvalue weighted by Crippen LogP contribution is 2.27. The highest BCUT2D eigenvalue weighted by Gasteiger charge is 2.17. The van der Waals surface area contributed by atoms with E-state index >= 15 is 0 Å². The van der Waals surface area contributed by atoms with Crippen LogP contribution in [0.25, 0.3) is 11.3 Å². The molecule has 0 unspecified atom stereocenters. The predicted octanol–water partition coefficient (Wildman–Crippen LogP) is 3.05. The molecule has 0 spiro atoms. The lowest BCUT2D eigenvalue weighted by Gasteiger charge is -2.04. The number of nitro benzene ring substituents is 1. The molecule has 0 aliphatic carbocycles. The summed E-state index contributed by atoms with van der Waals surface area (Å²) in [6.45, 7) is 0. The van der Waals surface area contributed by atoms with Crippen molar-refractivity contribution in [1.82, 2.24) is 9.97 Å². The maximum absolute atomic E-state index is 12.3. The largest absolute Gasteiger partial charge is 0.364 e. The Morgan fingerprint density at radius 3 is 2.77 bits per heavy atom. The third kappa shape index (κ3) is 3.55. The van der Waals surface area contributed by atoms with Crippen LogP contribution in [0.2, 0.25) is 5.02 Å². The maximum Gasteiger partial charge on any atom is 0.270 e. The summed E-state index contributed by atoms with van der Waals surface area (Å²) in [6.07, 6.45) is 1.57. The average Bonchev–Trinajstić information content (AvgIpc) is 3.23. The number of nitro groups is 1. The van der Waals surface area contributed by atoms with E-state index in [9.17, 15) is 19.7 Å². The Hall–Kier alpha value is -3.24. The molecule has 0 aliphatic rings. The van der Waals surface area contributed by atoms with Crippen LogP contribution in [0.5, 0.6) is 0 Å². The molecule has 3 rings (SSSR count). The topological polar surface area (TPSA) is 144 Å². The molecule has 11 heteroatoms. The minimum atomic E-state index is -0.619. The van der Waals surface area contributed by atoms with Gasteiger partial charge in [0.25, 0.3) is 17.5 Å². The van der Waals surface area contributed by atoms with Crippen LogP contribution in [0.1, 0.15) is 20.8 Å². The van der Waals surface area contributed by atoms with Gasteiger partial charge in [0.05, 0.1) is 21.2 Å². The number of rotatable bonds is 5. The number of anilines is 1. The van der Waals surface area contributed by atoms with Gasteiger partial charge in [-0.1, -0.05) is 11.6 Å². The highest BCUT2D eigenvalue weighted by atomic mass is 35.5. The van der Waals surface area contributed by atoms with Gasteiger partial charge in [-0.05, 0) is 12.1 Å². The Morgan fingerprint density at radius 2 is 2.12 bits per heavy atom. The molecule has 0 fully saturated rings. The number of halogens is 1. The summed E-state index contributed by atoms with van der Waals surface area (Å²) >= 11 is 7.10. The fourth-order valence-corrected chi connectivity index (χ4v) is 3.03. The fourth-order valence-electron chi connectivity index (χ4n) is 2.11. The van der Waals surface area contributed by atoms with Gasteiger partial charge in [-0.2, -0.15) is 0 Å². The maximum atomic E-state index is 12.3. The first-order valence-corrected chi connectivity index (χ1v) is 8.30. The van der Waals surface area contributed by atoms with E-state index in [4.69, 9.17) is 17.3 Å². The number of nitrogens with one attached hydrogen (secondary N) is 2. The normalized spacial score (nSPS) is 10.5. The van der Waals surface area contributed by atoms with Crippen molar-refractivity contribution < 1.29 is 14.5 Å². The van der Waals surface area contributed by atoms with Crippen molar-refractivity contribution in [3.8, 4) is 11.3 Å². The van der Waals surface area contributed by atoms with Gasteiger partial charge in [0.15, 0.2) is 5.13 Å². The van der Waals surface area contributed by atoms with Gasteiger partial charge in [-0.3, -0.25) is 25.0 Å². The quantitative estimate of drug-likeness (QED) is 0.452. The van der Waals surface area contributed by atoms with E-state index in [1.807, 2.05) is 0 Å². The zero-order valence-electron chi connectivity index (χ0n) is 12.9. The zero-order chi connectivity index (χ0) is 18.8. The van der Waals surface area contributed by atoms with Crippen molar-refractivity contribution in [3.05, 3.63) is 62.2 Å². The molecule has 0 saturated carbocycles. The summed E-state index contributed by atoms with van der Waals surface area (Å²) < 4.78 is 0. The van der Waals surface area contributed by atoms with Gasteiger partial charge >= 0.3 is 0 Å². The van der Waals surface area contributed by atoms with Gasteiger partial charge in [0.1, 0.15) is 5.69 Å². The molecular formula is C15H10ClN5O4S. The second-order valence-electron chi connectivity index (χ2n) is 5.08. The van der Waals surface area contributed by atoms with E-state index in [1.165, 1.54) is 12.1 Å². The van der Waals surface area contributed by atoms with Crippen LogP contribution in [0.15, 0.2) is 35.8 Å². The monoisotopic (exact) mass is 391 g/mol. The molecular weight excluding hydrogens is 382 g/mol. The number of amides is 2. The van der Waals surface area contributed by atoms with Gasteiger partial charge in [-0.15, -0.1) is 11.3 Å². The van der Waals surface area contributed by atoms with Crippen molar-refractivity contribution in [2.24, 2.45) is 5.73 Å². The summed E-state index contributed by atoms with van der Waals surface area (Å²) in [5.74, 6) is -1.22. The van der Waals surface area contributed by atoms with Crippen LogP contribution >= 0.6 is 22.9 Å². The van der Waals surface area contributed by atoms with E-state index < -0.39 is 16.7 Å². The third-order valence-corrected chi connectivity index (χ3v) is 4.46. The summed E-state index contributed by atoms with van der Waals surface area (Å²) in [5.41, 5.74) is 6.30. The number of primary amides is 1. The van der Waals surface area contributed by atoms with Gasteiger partial charge in [0, 0.05) is 29.3 Å². The Labute approximate surface area is 155 Å². The summed E-state index contributed by atoms with van der Waals surface area (Å²) in [4.78, 5) is 40.6. The smallest absolute Gasteiger partial charge is 0.270 e. The summed E-state index contributed by atoms with van der Waals surface area (Å²) in [5, 5.41) is 15.4. The average molecular weight is 392 g/mol. The molecule has 9 nitrogen and oxygen atoms in total. The molecule has 26 heavy (non-hydrogen) atoms. The minimum Gasteiger partial charge on any atom is -0.364 e. The standard InChI is InChI=1S/C15H10ClN5O4S/c16-10-2-1-8(21(24)25)4-9(10)14(23)20-15-19-12(6-26-15)7-3-11(13(17)22)18-5-7/h1-6,18H,(H2,17,22)(H,19,20,23). The molecule has 1 aromatic carbocycles. The number of thiazole rings is 1. The van der Waals surface area contributed by atoms with Gasteiger partial charge < -0.3 is 10.7 Å². The van der Waals surface area contributed by atoms with Crippen molar-refractivity contribution in [2.45, 2.75) is 0 Å². The first-order valence-electron chi connectivity index (χ1n) is 7.04. The lowest BCUT2D eigenvalue weighted by Crippen LogP contribution is -2.12. The Bertz CT molecular complexity index is 1030. The predicted molar refractivity (Wildman–Crippen MR) is 96.5 cm³/mol. The molecule has 0 radical (unpaired) electrons. The van der Waals surface area contributed by atoms with Crippen molar-refractivity contribution >= 4 is 45.6 Å². The molecule has 2 heterocycles. The Kier molecular flexibility index (Phi) is 4.69. The van der Waals surface area contributed by atoms with Gasteiger partial charge in [0.2, 0.25) is 0 Å². The van der Waals surface area contributed by atoms with Crippen LogP contribution in [0.4, 0.5) is 10.8 Å².